The molecule has 0 radical (unpaired) electrons. The van der Waals surface area contributed by atoms with Crippen molar-refractivity contribution >= 4 is 5.96 Å². The van der Waals surface area contributed by atoms with E-state index in [9.17, 15) is 5.11 Å². The molecule has 5 nitrogen and oxygen atoms in total. The van der Waals surface area contributed by atoms with Crippen molar-refractivity contribution in [2.24, 2.45) is 16.3 Å². The maximum absolute atomic E-state index is 9.45. The Bertz CT molecular complexity index is 436. The second-order valence-corrected chi connectivity index (χ2v) is 9.10. The first-order chi connectivity index (χ1) is 13.6. The Morgan fingerprint density at radius 3 is 2.29 bits per heavy atom. The summed E-state index contributed by atoms with van der Waals surface area (Å²) in [6, 6.07) is 0.524. The van der Waals surface area contributed by atoms with Gasteiger partial charge >= 0.3 is 0 Å². The monoisotopic (exact) mass is 394 g/mol. The summed E-state index contributed by atoms with van der Waals surface area (Å²) < 4.78 is 0. The van der Waals surface area contributed by atoms with Gasteiger partial charge in [0.25, 0.3) is 0 Å². The third-order valence-electron chi connectivity index (χ3n) is 7.23. The second-order valence-electron chi connectivity index (χ2n) is 9.10. The zero-order valence-corrected chi connectivity index (χ0v) is 18.8. The fourth-order valence-corrected chi connectivity index (χ4v) is 4.90. The Morgan fingerprint density at radius 2 is 1.71 bits per heavy atom. The lowest BCUT2D eigenvalue weighted by Gasteiger charge is -2.36. The molecule has 1 aliphatic heterocycles. The van der Waals surface area contributed by atoms with Crippen LogP contribution in [0.3, 0.4) is 0 Å². The van der Waals surface area contributed by atoms with Crippen molar-refractivity contribution in [3.05, 3.63) is 0 Å². The van der Waals surface area contributed by atoms with Crippen molar-refractivity contribution in [1.82, 2.24) is 15.5 Å². The molecular formula is C23H46N4O. The van der Waals surface area contributed by atoms with E-state index in [0.717, 1.165) is 44.2 Å². The number of piperidine rings is 1. The van der Waals surface area contributed by atoms with Crippen molar-refractivity contribution in [1.29, 1.82) is 0 Å². The normalized spacial score (nSPS) is 21.1. The molecule has 1 saturated heterocycles. The summed E-state index contributed by atoms with van der Waals surface area (Å²) in [5, 5.41) is 16.6. The van der Waals surface area contributed by atoms with E-state index in [2.05, 4.69) is 36.3 Å². The van der Waals surface area contributed by atoms with Crippen LogP contribution in [-0.4, -0.2) is 61.3 Å². The molecule has 2 aliphatic rings. The van der Waals surface area contributed by atoms with E-state index in [1.807, 2.05) is 0 Å². The molecule has 5 heteroatoms. The Balaban J connectivity index is 1.81. The van der Waals surface area contributed by atoms with Crippen LogP contribution in [0.4, 0.5) is 0 Å². The highest BCUT2D eigenvalue weighted by molar-refractivity contribution is 5.80. The first kappa shape index (κ1) is 23.5. The van der Waals surface area contributed by atoms with Gasteiger partial charge in [-0.25, -0.2) is 0 Å². The molecule has 1 aliphatic carbocycles. The van der Waals surface area contributed by atoms with Crippen LogP contribution in [0.2, 0.25) is 0 Å². The average molecular weight is 395 g/mol. The molecule has 2 fully saturated rings. The summed E-state index contributed by atoms with van der Waals surface area (Å²) in [7, 11) is 0. The molecule has 0 atom stereocenters. The molecule has 0 aromatic carbocycles. The van der Waals surface area contributed by atoms with Gasteiger partial charge in [-0.2, -0.15) is 0 Å². The van der Waals surface area contributed by atoms with Crippen LogP contribution in [0.5, 0.6) is 0 Å². The maximum atomic E-state index is 9.45. The number of aliphatic hydroxyl groups is 1. The smallest absolute Gasteiger partial charge is 0.191 e. The minimum Gasteiger partial charge on any atom is -0.396 e. The lowest BCUT2D eigenvalue weighted by molar-refractivity contribution is 0.160. The summed E-state index contributed by atoms with van der Waals surface area (Å²) in [4.78, 5) is 7.62. The van der Waals surface area contributed by atoms with E-state index in [0.29, 0.717) is 6.04 Å². The molecule has 0 aromatic heterocycles. The van der Waals surface area contributed by atoms with Gasteiger partial charge < -0.3 is 20.6 Å². The number of hydrogen-bond acceptors (Lipinski definition) is 3. The van der Waals surface area contributed by atoms with Crippen LogP contribution in [0.1, 0.15) is 85.0 Å². The molecule has 3 N–H and O–H groups in total. The van der Waals surface area contributed by atoms with E-state index >= 15 is 0 Å². The lowest BCUT2D eigenvalue weighted by Crippen LogP contribution is -2.49. The third-order valence-corrected chi connectivity index (χ3v) is 7.23. The SMILES string of the molecule is CCNC(=NCC(CC)(CC)CCO)NC1CCN(CC2CCCCC2)CC1. The summed E-state index contributed by atoms with van der Waals surface area (Å²) in [6.45, 7) is 12.2. The Morgan fingerprint density at radius 1 is 1.04 bits per heavy atom. The number of likely N-dealkylation sites (tertiary alicyclic amines) is 1. The number of guanidine groups is 1. The topological polar surface area (TPSA) is 59.9 Å². The van der Waals surface area contributed by atoms with E-state index in [-0.39, 0.29) is 12.0 Å². The Labute approximate surface area is 173 Å². The Hall–Kier alpha value is -0.810. The van der Waals surface area contributed by atoms with Crippen molar-refractivity contribution in [3.63, 3.8) is 0 Å². The number of aliphatic imine (C=N–C) groups is 1. The highest BCUT2D eigenvalue weighted by atomic mass is 16.3. The van der Waals surface area contributed by atoms with E-state index in [4.69, 9.17) is 4.99 Å². The molecule has 2 rings (SSSR count). The predicted molar refractivity (Wildman–Crippen MR) is 120 cm³/mol. The third kappa shape index (κ3) is 7.55. The van der Waals surface area contributed by atoms with E-state index < -0.39 is 0 Å². The minimum atomic E-state index is 0.125. The van der Waals surface area contributed by atoms with Gasteiger partial charge in [-0.1, -0.05) is 33.1 Å². The van der Waals surface area contributed by atoms with Gasteiger partial charge in [0.15, 0.2) is 5.96 Å². The van der Waals surface area contributed by atoms with Crippen LogP contribution in [-0.2, 0) is 0 Å². The molecular weight excluding hydrogens is 348 g/mol. The number of nitrogens with one attached hydrogen (secondary N) is 2. The summed E-state index contributed by atoms with van der Waals surface area (Å²) >= 11 is 0. The fourth-order valence-electron chi connectivity index (χ4n) is 4.90. The zero-order chi connectivity index (χ0) is 20.2. The number of rotatable bonds is 10. The average Bonchev–Trinajstić information content (AvgIpc) is 2.73. The molecule has 0 unspecified atom stereocenters. The van der Waals surface area contributed by atoms with Gasteiger partial charge in [-0.3, -0.25) is 4.99 Å². The van der Waals surface area contributed by atoms with Crippen molar-refractivity contribution in [2.75, 3.05) is 39.3 Å². The molecule has 1 saturated carbocycles. The number of hydrogen-bond donors (Lipinski definition) is 3. The summed E-state index contributed by atoms with van der Waals surface area (Å²) in [6.07, 6.45) is 12.6. The minimum absolute atomic E-state index is 0.125. The molecule has 0 bridgehead atoms. The van der Waals surface area contributed by atoms with Crippen molar-refractivity contribution in [3.8, 4) is 0 Å². The first-order valence-electron chi connectivity index (χ1n) is 12.0. The molecule has 1 heterocycles. The van der Waals surface area contributed by atoms with Crippen LogP contribution in [0.25, 0.3) is 0 Å². The van der Waals surface area contributed by atoms with E-state index in [1.165, 1.54) is 64.6 Å². The van der Waals surface area contributed by atoms with Crippen molar-refractivity contribution < 1.29 is 5.11 Å². The lowest BCUT2D eigenvalue weighted by atomic mass is 9.79. The highest BCUT2D eigenvalue weighted by Gasteiger charge is 2.26. The summed E-state index contributed by atoms with van der Waals surface area (Å²) in [5.74, 6) is 1.90. The van der Waals surface area contributed by atoms with Crippen molar-refractivity contribution in [2.45, 2.75) is 91.0 Å². The standard InChI is InChI=1S/C23H46N4O/c1-4-23(5-2,14-17-28)19-25-22(24-6-3)26-21-12-15-27(16-13-21)18-20-10-8-7-9-11-20/h20-21,28H,4-19H2,1-3H3,(H2,24,25,26). The quantitative estimate of drug-likeness (QED) is 0.390. The predicted octanol–water partition coefficient (Wildman–Crippen LogP) is 3.78. The Kier molecular flexibility index (Phi) is 10.6. The molecule has 28 heavy (non-hydrogen) atoms. The largest absolute Gasteiger partial charge is 0.396 e. The molecule has 164 valence electrons. The first-order valence-corrected chi connectivity index (χ1v) is 12.0. The van der Waals surface area contributed by atoms with Crippen LogP contribution in [0.15, 0.2) is 4.99 Å². The number of nitrogens with zero attached hydrogens (tertiary/aromatic N) is 2. The van der Waals surface area contributed by atoms with E-state index in [1.54, 1.807) is 0 Å². The fraction of sp³-hybridized carbons (Fsp3) is 0.957. The molecule has 0 spiro atoms. The van der Waals surface area contributed by atoms with Gasteiger partial charge in [-0.05, 0) is 63.2 Å². The highest BCUT2D eigenvalue weighted by Crippen LogP contribution is 2.30. The zero-order valence-electron chi connectivity index (χ0n) is 18.8. The van der Waals surface area contributed by atoms with Gasteiger partial charge in [0.1, 0.15) is 0 Å². The van der Waals surface area contributed by atoms with Gasteiger partial charge in [0.05, 0.1) is 0 Å². The van der Waals surface area contributed by atoms with Gasteiger partial charge in [0.2, 0.25) is 0 Å². The van der Waals surface area contributed by atoms with Crippen LogP contribution < -0.4 is 10.6 Å². The molecule has 0 amide bonds. The van der Waals surface area contributed by atoms with Gasteiger partial charge in [-0.15, -0.1) is 0 Å². The van der Waals surface area contributed by atoms with Gasteiger partial charge in [0, 0.05) is 45.4 Å². The number of aliphatic hydroxyl groups excluding tert-OH is 1. The summed E-state index contributed by atoms with van der Waals surface area (Å²) in [5.41, 5.74) is 0.125. The molecule has 0 aromatic rings. The maximum Gasteiger partial charge on any atom is 0.191 e. The second kappa shape index (κ2) is 12.7. The van der Waals surface area contributed by atoms with Crippen LogP contribution >= 0.6 is 0 Å². The van der Waals surface area contributed by atoms with Crippen LogP contribution in [0, 0.1) is 11.3 Å².